The molecule has 212 valence electrons. The Kier molecular flexibility index (Phi) is 7.53. The van der Waals surface area contributed by atoms with E-state index in [9.17, 15) is 40.2 Å². The van der Waals surface area contributed by atoms with Gasteiger partial charge in [0, 0.05) is 23.8 Å². The van der Waals surface area contributed by atoms with E-state index in [2.05, 4.69) is 0 Å². The van der Waals surface area contributed by atoms with Crippen molar-refractivity contribution in [1.29, 1.82) is 0 Å². The van der Waals surface area contributed by atoms with Crippen LogP contribution < -0.4 is 10.2 Å². The minimum atomic E-state index is -1.61. The summed E-state index contributed by atoms with van der Waals surface area (Å²) in [7, 11) is 0. The van der Waals surface area contributed by atoms with Crippen molar-refractivity contribution in [2.45, 2.75) is 24.6 Å². The van der Waals surface area contributed by atoms with Crippen molar-refractivity contribution < 1.29 is 54.1 Å². The van der Waals surface area contributed by atoms with E-state index < -0.39 is 54.1 Å². The molecule has 5 rings (SSSR count). The fourth-order valence-electron chi connectivity index (χ4n) is 4.29. The quantitative estimate of drug-likeness (QED) is 0.142. The second-order valence-corrected chi connectivity index (χ2v) is 9.13. The van der Waals surface area contributed by atoms with Gasteiger partial charge in [0.05, 0.1) is 6.61 Å². The number of fused-ring (bicyclic) bond motifs is 1. The van der Waals surface area contributed by atoms with Gasteiger partial charge in [0.15, 0.2) is 11.9 Å². The fraction of sp³-hybridized carbons (Fsp3) is 0.172. The average Bonchev–Trinajstić information content (AvgIpc) is 3.23. The summed E-state index contributed by atoms with van der Waals surface area (Å²) in [5.41, 5.74) is -0.232. The standard InChI is InChI=1S/C29H24O12/c30-13-21-24(36)28(40-22(35)10-3-14-1-6-16(31)7-2-14)29(39-21)41-27-25(37)23-19(34)11-18(33)12-20(23)38-26(27)15-4-8-17(32)9-5-15/h1-12,21,24,28-34,36H,13H2/b10-3+. The highest BCUT2D eigenvalue weighted by Crippen LogP contribution is 2.38. The van der Waals surface area contributed by atoms with Crippen molar-refractivity contribution in [3.05, 3.63) is 82.5 Å². The van der Waals surface area contributed by atoms with Crippen LogP contribution in [0.4, 0.5) is 0 Å². The fourth-order valence-corrected chi connectivity index (χ4v) is 4.29. The van der Waals surface area contributed by atoms with Gasteiger partial charge in [-0.3, -0.25) is 4.79 Å². The molecule has 3 aromatic carbocycles. The molecule has 0 aliphatic carbocycles. The molecule has 1 saturated heterocycles. The summed E-state index contributed by atoms with van der Waals surface area (Å²) in [5, 5.41) is 59.5. The van der Waals surface area contributed by atoms with E-state index >= 15 is 0 Å². The average molecular weight is 564 g/mol. The van der Waals surface area contributed by atoms with E-state index in [0.717, 1.165) is 18.2 Å². The number of carbonyl (C=O) groups excluding carboxylic acids is 1. The predicted octanol–water partition coefficient (Wildman–Crippen LogP) is 2.36. The van der Waals surface area contributed by atoms with Gasteiger partial charge in [0.2, 0.25) is 17.5 Å². The molecule has 12 heteroatoms. The number of aliphatic hydroxyl groups excluding tert-OH is 2. The summed E-state index contributed by atoms with van der Waals surface area (Å²) in [6.45, 7) is -0.671. The van der Waals surface area contributed by atoms with Crippen LogP contribution >= 0.6 is 0 Å². The Balaban J connectivity index is 1.52. The van der Waals surface area contributed by atoms with Crippen LogP contribution in [0.2, 0.25) is 0 Å². The van der Waals surface area contributed by atoms with Gasteiger partial charge in [-0.2, -0.15) is 0 Å². The SMILES string of the molecule is O=C(/C=C/c1ccc(O)cc1)OC1C(Oc2c(-c3ccc(O)cc3)oc3cc(O)cc(O)c3c2=O)OC(CO)C1O. The third kappa shape index (κ3) is 5.65. The number of aromatic hydroxyl groups is 4. The molecular formula is C29H24O12. The highest BCUT2D eigenvalue weighted by atomic mass is 16.7. The summed E-state index contributed by atoms with van der Waals surface area (Å²) >= 11 is 0. The lowest BCUT2D eigenvalue weighted by atomic mass is 10.1. The van der Waals surface area contributed by atoms with Crippen LogP contribution in [0.15, 0.2) is 76.0 Å². The Morgan fingerprint density at radius 1 is 0.927 bits per heavy atom. The molecule has 1 aliphatic heterocycles. The number of carbonyl (C=O) groups is 1. The third-order valence-corrected chi connectivity index (χ3v) is 6.31. The van der Waals surface area contributed by atoms with Crippen LogP contribution in [0.3, 0.4) is 0 Å². The Labute approximate surface area is 231 Å². The largest absolute Gasteiger partial charge is 0.508 e. The van der Waals surface area contributed by atoms with Crippen molar-refractivity contribution in [3.63, 3.8) is 0 Å². The molecule has 6 N–H and O–H groups in total. The predicted molar refractivity (Wildman–Crippen MR) is 142 cm³/mol. The molecule has 1 aliphatic rings. The van der Waals surface area contributed by atoms with Gasteiger partial charge in [-0.1, -0.05) is 12.1 Å². The van der Waals surface area contributed by atoms with Gasteiger partial charge >= 0.3 is 5.97 Å². The summed E-state index contributed by atoms with van der Waals surface area (Å²) < 4.78 is 22.6. The van der Waals surface area contributed by atoms with Crippen LogP contribution in [-0.4, -0.2) is 67.8 Å². The van der Waals surface area contributed by atoms with E-state index in [1.165, 1.54) is 42.5 Å². The first-order valence-corrected chi connectivity index (χ1v) is 12.3. The number of hydrogen-bond acceptors (Lipinski definition) is 12. The zero-order valence-corrected chi connectivity index (χ0v) is 21.1. The highest BCUT2D eigenvalue weighted by Gasteiger charge is 2.48. The second-order valence-electron chi connectivity index (χ2n) is 9.13. The van der Waals surface area contributed by atoms with Crippen molar-refractivity contribution in [1.82, 2.24) is 0 Å². The molecule has 0 spiro atoms. The smallest absolute Gasteiger partial charge is 0.331 e. The normalized spacial score (nSPS) is 20.4. The van der Waals surface area contributed by atoms with E-state index in [4.69, 9.17) is 18.6 Å². The molecule has 2 heterocycles. The Morgan fingerprint density at radius 3 is 2.24 bits per heavy atom. The number of esters is 1. The topological polar surface area (TPSA) is 196 Å². The van der Waals surface area contributed by atoms with Crippen molar-refractivity contribution in [2.24, 2.45) is 0 Å². The first kappa shape index (κ1) is 27.5. The molecule has 4 atom stereocenters. The maximum absolute atomic E-state index is 13.6. The monoisotopic (exact) mass is 564 g/mol. The molecule has 4 aromatic rings. The minimum Gasteiger partial charge on any atom is -0.508 e. The summed E-state index contributed by atoms with van der Waals surface area (Å²) in [4.78, 5) is 26.2. The zero-order valence-electron chi connectivity index (χ0n) is 21.1. The van der Waals surface area contributed by atoms with Gasteiger partial charge in [-0.05, 0) is 48.0 Å². The molecule has 0 radical (unpaired) electrons. The number of rotatable bonds is 7. The number of aliphatic hydroxyl groups is 2. The lowest BCUT2D eigenvalue weighted by Crippen LogP contribution is -2.40. The first-order chi connectivity index (χ1) is 19.6. The first-order valence-electron chi connectivity index (χ1n) is 12.3. The molecule has 0 amide bonds. The summed E-state index contributed by atoms with van der Waals surface area (Å²) in [6, 6.07) is 13.5. The van der Waals surface area contributed by atoms with E-state index in [-0.39, 0.29) is 39.5 Å². The van der Waals surface area contributed by atoms with Crippen LogP contribution in [-0.2, 0) is 14.3 Å². The van der Waals surface area contributed by atoms with Crippen molar-refractivity contribution in [2.75, 3.05) is 6.61 Å². The number of ether oxygens (including phenoxy) is 3. The zero-order chi connectivity index (χ0) is 29.3. The van der Waals surface area contributed by atoms with Crippen LogP contribution in [0.5, 0.6) is 28.7 Å². The lowest BCUT2D eigenvalue weighted by molar-refractivity contribution is -0.162. The maximum Gasteiger partial charge on any atom is 0.331 e. The van der Waals surface area contributed by atoms with Crippen molar-refractivity contribution >= 4 is 23.0 Å². The molecule has 0 saturated carbocycles. The van der Waals surface area contributed by atoms with E-state index in [1.54, 1.807) is 12.1 Å². The van der Waals surface area contributed by atoms with Crippen molar-refractivity contribution in [3.8, 4) is 40.1 Å². The molecular weight excluding hydrogens is 540 g/mol. The summed E-state index contributed by atoms with van der Waals surface area (Å²) in [6.07, 6.45) is -3.44. The van der Waals surface area contributed by atoms with Gasteiger partial charge in [-0.15, -0.1) is 0 Å². The van der Waals surface area contributed by atoms with E-state index in [1.807, 2.05) is 0 Å². The second kappa shape index (κ2) is 11.2. The van der Waals surface area contributed by atoms with Crippen LogP contribution in [0.25, 0.3) is 28.4 Å². The van der Waals surface area contributed by atoms with Gasteiger partial charge in [-0.25, -0.2) is 4.79 Å². The number of phenolic OH excluding ortho intramolecular Hbond substituents is 4. The summed E-state index contributed by atoms with van der Waals surface area (Å²) in [5.74, 6) is -2.59. The number of benzene rings is 3. The Morgan fingerprint density at radius 2 is 1.59 bits per heavy atom. The Bertz CT molecular complexity index is 1660. The van der Waals surface area contributed by atoms with Gasteiger partial charge in [0.1, 0.15) is 46.2 Å². The number of phenols is 4. The Hall–Kier alpha value is -5.04. The number of hydrogen-bond donors (Lipinski definition) is 6. The molecule has 41 heavy (non-hydrogen) atoms. The van der Waals surface area contributed by atoms with Gasteiger partial charge < -0.3 is 49.3 Å². The van der Waals surface area contributed by atoms with Gasteiger partial charge in [0.25, 0.3) is 0 Å². The van der Waals surface area contributed by atoms with Crippen LogP contribution in [0.1, 0.15) is 5.56 Å². The molecule has 12 nitrogen and oxygen atoms in total. The van der Waals surface area contributed by atoms with Crippen LogP contribution in [0, 0.1) is 0 Å². The maximum atomic E-state index is 13.6. The minimum absolute atomic E-state index is 0.0425. The molecule has 4 unspecified atom stereocenters. The molecule has 1 fully saturated rings. The third-order valence-electron chi connectivity index (χ3n) is 6.31. The molecule has 0 bridgehead atoms. The lowest BCUT2D eigenvalue weighted by Gasteiger charge is -2.22. The molecule has 1 aromatic heterocycles. The van der Waals surface area contributed by atoms with E-state index in [0.29, 0.717) is 5.56 Å². The highest BCUT2D eigenvalue weighted by molar-refractivity contribution is 5.88.